The maximum absolute atomic E-state index is 5.37. The van der Waals surface area contributed by atoms with E-state index in [1.54, 1.807) is 0 Å². The molecule has 0 aliphatic heterocycles. The fraction of sp³-hybridized carbons (Fsp3) is 0.500. The van der Waals surface area contributed by atoms with Crippen molar-refractivity contribution in [3.8, 4) is 0 Å². The molecule has 0 aliphatic rings. The molecule has 2 nitrogen and oxygen atoms in total. The molecule has 0 heterocycles. The van der Waals surface area contributed by atoms with Gasteiger partial charge >= 0.3 is 0 Å². The van der Waals surface area contributed by atoms with Crippen LogP contribution in [0.3, 0.4) is 0 Å². The van der Waals surface area contributed by atoms with Crippen LogP contribution in [0.25, 0.3) is 0 Å². The van der Waals surface area contributed by atoms with E-state index in [0.29, 0.717) is 0 Å². The molecule has 0 spiro atoms. The molecule has 0 bridgehead atoms. The third kappa shape index (κ3) is 3.37. The van der Waals surface area contributed by atoms with E-state index < -0.39 is 0 Å². The average Bonchev–Trinajstić information content (AvgIpc) is 2.29. The molecular weight excluding hydrogens is 198 g/mol. The van der Waals surface area contributed by atoms with Crippen LogP contribution in [0.2, 0.25) is 0 Å². The standard InChI is InChI=1S/C14H21NO/c1-6-12(4)16-15-13(5)14-8-7-10(2)11(3)9-14/h7-9,12H,6H2,1-5H3/b15-13-. The highest BCUT2D eigenvalue weighted by molar-refractivity contribution is 5.98. The van der Waals surface area contributed by atoms with Gasteiger partial charge in [0.2, 0.25) is 0 Å². The van der Waals surface area contributed by atoms with Crippen molar-refractivity contribution in [2.24, 2.45) is 5.16 Å². The molecule has 1 unspecified atom stereocenters. The van der Waals surface area contributed by atoms with Gasteiger partial charge in [0.1, 0.15) is 6.10 Å². The number of aryl methyl sites for hydroxylation is 2. The smallest absolute Gasteiger partial charge is 0.124 e. The Bertz CT molecular complexity index is 382. The largest absolute Gasteiger partial charge is 0.393 e. The lowest BCUT2D eigenvalue weighted by atomic mass is 10.0. The Hall–Kier alpha value is -1.31. The Morgan fingerprint density at radius 2 is 2.00 bits per heavy atom. The lowest BCUT2D eigenvalue weighted by molar-refractivity contribution is 0.0699. The molecule has 16 heavy (non-hydrogen) atoms. The van der Waals surface area contributed by atoms with Crippen LogP contribution in [0.5, 0.6) is 0 Å². The van der Waals surface area contributed by atoms with Crippen LogP contribution in [0.15, 0.2) is 23.4 Å². The van der Waals surface area contributed by atoms with Crippen LogP contribution in [0.1, 0.15) is 43.9 Å². The van der Waals surface area contributed by atoms with Crippen LogP contribution in [-0.2, 0) is 4.84 Å². The molecule has 1 aromatic rings. The molecule has 0 radical (unpaired) electrons. The molecular formula is C14H21NO. The van der Waals surface area contributed by atoms with Gasteiger partial charge in [-0.1, -0.05) is 24.2 Å². The first-order valence-electron chi connectivity index (χ1n) is 5.82. The summed E-state index contributed by atoms with van der Waals surface area (Å²) >= 11 is 0. The Kier molecular flexibility index (Phi) is 4.53. The average molecular weight is 219 g/mol. The number of hydrogen-bond donors (Lipinski definition) is 0. The third-order valence-corrected chi connectivity index (χ3v) is 2.87. The molecule has 0 saturated heterocycles. The van der Waals surface area contributed by atoms with E-state index in [1.165, 1.54) is 11.1 Å². The van der Waals surface area contributed by atoms with Crippen molar-refractivity contribution in [3.63, 3.8) is 0 Å². The van der Waals surface area contributed by atoms with Crippen molar-refractivity contribution >= 4 is 5.71 Å². The van der Waals surface area contributed by atoms with Crippen molar-refractivity contribution in [2.45, 2.75) is 47.1 Å². The predicted octanol–water partition coefficient (Wildman–Crippen LogP) is 3.84. The SMILES string of the molecule is CCC(C)O/N=C(/C)c1ccc(C)c(C)c1. The van der Waals surface area contributed by atoms with Gasteiger partial charge in [-0.3, -0.25) is 0 Å². The Balaban J connectivity index is 2.79. The summed E-state index contributed by atoms with van der Waals surface area (Å²) in [5.41, 5.74) is 4.66. The van der Waals surface area contributed by atoms with Gasteiger partial charge in [0.15, 0.2) is 0 Å². The summed E-state index contributed by atoms with van der Waals surface area (Å²) < 4.78 is 0. The highest BCUT2D eigenvalue weighted by Crippen LogP contribution is 2.11. The van der Waals surface area contributed by atoms with Crippen molar-refractivity contribution in [2.75, 3.05) is 0 Å². The maximum Gasteiger partial charge on any atom is 0.124 e. The normalized spacial score (nSPS) is 13.7. The van der Waals surface area contributed by atoms with Crippen molar-refractivity contribution in [1.29, 1.82) is 0 Å². The Morgan fingerprint density at radius 1 is 1.31 bits per heavy atom. The number of nitrogens with zero attached hydrogens (tertiary/aromatic N) is 1. The first-order valence-corrected chi connectivity index (χ1v) is 5.82. The van der Waals surface area contributed by atoms with E-state index >= 15 is 0 Å². The zero-order valence-corrected chi connectivity index (χ0v) is 10.9. The van der Waals surface area contributed by atoms with Gasteiger partial charge in [0.05, 0.1) is 5.71 Å². The van der Waals surface area contributed by atoms with Gasteiger partial charge in [0, 0.05) is 0 Å². The minimum absolute atomic E-state index is 0.182. The molecule has 1 atom stereocenters. The van der Waals surface area contributed by atoms with Crippen LogP contribution in [0, 0.1) is 13.8 Å². The summed E-state index contributed by atoms with van der Waals surface area (Å²) in [6.07, 6.45) is 1.16. The second-order valence-electron chi connectivity index (χ2n) is 4.30. The van der Waals surface area contributed by atoms with E-state index in [-0.39, 0.29) is 6.10 Å². The maximum atomic E-state index is 5.37. The monoisotopic (exact) mass is 219 g/mol. The second-order valence-corrected chi connectivity index (χ2v) is 4.30. The summed E-state index contributed by atoms with van der Waals surface area (Å²) in [5, 5.41) is 4.15. The van der Waals surface area contributed by atoms with Gasteiger partial charge in [-0.05, 0) is 56.9 Å². The van der Waals surface area contributed by atoms with E-state index in [9.17, 15) is 0 Å². The molecule has 2 heteroatoms. The van der Waals surface area contributed by atoms with Crippen LogP contribution in [-0.4, -0.2) is 11.8 Å². The van der Waals surface area contributed by atoms with Crippen molar-refractivity contribution in [1.82, 2.24) is 0 Å². The zero-order valence-electron chi connectivity index (χ0n) is 10.9. The van der Waals surface area contributed by atoms with Crippen LogP contribution < -0.4 is 0 Å². The predicted molar refractivity (Wildman–Crippen MR) is 69.0 cm³/mol. The fourth-order valence-corrected chi connectivity index (χ4v) is 1.26. The Labute approximate surface area is 98.3 Å². The molecule has 1 rings (SSSR count). The molecule has 0 saturated carbocycles. The van der Waals surface area contributed by atoms with Crippen molar-refractivity contribution < 1.29 is 4.84 Å². The molecule has 88 valence electrons. The Morgan fingerprint density at radius 3 is 2.56 bits per heavy atom. The van der Waals surface area contributed by atoms with Crippen LogP contribution >= 0.6 is 0 Å². The molecule has 1 aromatic carbocycles. The topological polar surface area (TPSA) is 21.6 Å². The van der Waals surface area contributed by atoms with E-state index in [4.69, 9.17) is 4.84 Å². The summed E-state index contributed by atoms with van der Waals surface area (Å²) in [6.45, 7) is 10.3. The zero-order chi connectivity index (χ0) is 12.1. The molecule has 0 N–H and O–H groups in total. The van der Waals surface area contributed by atoms with E-state index in [2.05, 4.69) is 44.1 Å². The quantitative estimate of drug-likeness (QED) is 0.557. The summed E-state index contributed by atoms with van der Waals surface area (Å²) in [5.74, 6) is 0. The minimum Gasteiger partial charge on any atom is -0.393 e. The van der Waals surface area contributed by atoms with Gasteiger partial charge < -0.3 is 4.84 Å². The fourth-order valence-electron chi connectivity index (χ4n) is 1.26. The summed E-state index contributed by atoms with van der Waals surface area (Å²) in [4.78, 5) is 5.37. The van der Waals surface area contributed by atoms with Gasteiger partial charge in [-0.25, -0.2) is 0 Å². The van der Waals surface area contributed by atoms with Crippen LogP contribution in [0.4, 0.5) is 0 Å². The van der Waals surface area contributed by atoms with E-state index in [1.807, 2.05) is 13.8 Å². The lowest BCUT2D eigenvalue weighted by Crippen LogP contribution is -2.04. The van der Waals surface area contributed by atoms with Gasteiger partial charge in [-0.15, -0.1) is 0 Å². The number of hydrogen-bond acceptors (Lipinski definition) is 2. The molecule has 0 amide bonds. The lowest BCUT2D eigenvalue weighted by Gasteiger charge is -2.08. The first-order chi connectivity index (χ1) is 7.54. The highest BCUT2D eigenvalue weighted by atomic mass is 16.6. The number of rotatable bonds is 4. The van der Waals surface area contributed by atoms with Gasteiger partial charge in [0.25, 0.3) is 0 Å². The highest BCUT2D eigenvalue weighted by Gasteiger charge is 2.02. The number of oxime groups is 1. The summed E-state index contributed by atoms with van der Waals surface area (Å²) in [7, 11) is 0. The third-order valence-electron chi connectivity index (χ3n) is 2.87. The van der Waals surface area contributed by atoms with Crippen molar-refractivity contribution in [3.05, 3.63) is 34.9 Å². The molecule has 0 aromatic heterocycles. The molecule has 0 aliphatic carbocycles. The minimum atomic E-state index is 0.182. The summed E-state index contributed by atoms with van der Waals surface area (Å²) in [6, 6.07) is 6.35. The molecule has 0 fully saturated rings. The van der Waals surface area contributed by atoms with E-state index in [0.717, 1.165) is 17.7 Å². The number of benzene rings is 1. The second kappa shape index (κ2) is 5.69. The van der Waals surface area contributed by atoms with Gasteiger partial charge in [-0.2, -0.15) is 0 Å². The first kappa shape index (κ1) is 12.8.